The van der Waals surface area contributed by atoms with E-state index in [1.54, 1.807) is 11.8 Å². The van der Waals surface area contributed by atoms with Gasteiger partial charge in [-0.2, -0.15) is 0 Å². The molecule has 0 saturated heterocycles. The standard InChI is InChI=1S/C11H13N3S2/c1-7-4-9(2-3-10(7)12)15-5-8-6-16-11(13)14-8/h2-4,6H,5,12H2,1H3,(H2,13,14). The van der Waals surface area contributed by atoms with E-state index in [1.165, 1.54) is 16.2 Å². The number of anilines is 2. The molecular formula is C11H13N3S2. The maximum Gasteiger partial charge on any atom is 0.180 e. The van der Waals surface area contributed by atoms with E-state index in [0.717, 1.165) is 22.7 Å². The Bertz CT molecular complexity index is 494. The number of benzene rings is 1. The number of hydrogen-bond donors (Lipinski definition) is 2. The first-order valence-corrected chi connectivity index (χ1v) is 6.70. The summed E-state index contributed by atoms with van der Waals surface area (Å²) in [4.78, 5) is 5.42. The minimum absolute atomic E-state index is 0.629. The van der Waals surface area contributed by atoms with Crippen molar-refractivity contribution in [2.75, 3.05) is 11.5 Å². The average molecular weight is 251 g/mol. The van der Waals surface area contributed by atoms with Gasteiger partial charge >= 0.3 is 0 Å². The summed E-state index contributed by atoms with van der Waals surface area (Å²) in [5, 5.41) is 2.62. The summed E-state index contributed by atoms with van der Waals surface area (Å²) in [6.07, 6.45) is 0. The van der Waals surface area contributed by atoms with Crippen LogP contribution in [0.15, 0.2) is 28.5 Å². The van der Waals surface area contributed by atoms with Crippen molar-refractivity contribution in [2.24, 2.45) is 0 Å². The summed E-state index contributed by atoms with van der Waals surface area (Å²) in [6.45, 7) is 2.01. The van der Waals surface area contributed by atoms with Crippen LogP contribution in [0.1, 0.15) is 11.3 Å². The van der Waals surface area contributed by atoms with Gasteiger partial charge in [0.1, 0.15) is 0 Å². The minimum atomic E-state index is 0.629. The maximum atomic E-state index is 5.76. The van der Waals surface area contributed by atoms with Crippen molar-refractivity contribution < 1.29 is 0 Å². The lowest BCUT2D eigenvalue weighted by Gasteiger charge is -2.03. The Hall–Kier alpha value is -1.20. The van der Waals surface area contributed by atoms with Crippen molar-refractivity contribution in [1.82, 2.24) is 4.98 Å². The molecule has 0 saturated carbocycles. The van der Waals surface area contributed by atoms with Gasteiger partial charge in [-0.15, -0.1) is 23.1 Å². The Morgan fingerprint density at radius 1 is 1.38 bits per heavy atom. The first kappa shape index (κ1) is 11.3. The molecule has 16 heavy (non-hydrogen) atoms. The van der Waals surface area contributed by atoms with E-state index in [0.29, 0.717) is 5.13 Å². The molecule has 0 aliphatic heterocycles. The lowest BCUT2D eigenvalue weighted by molar-refractivity contribution is 1.23. The smallest absolute Gasteiger partial charge is 0.180 e. The van der Waals surface area contributed by atoms with Gasteiger partial charge in [0.15, 0.2) is 5.13 Å². The summed E-state index contributed by atoms with van der Waals surface area (Å²) in [6, 6.07) is 6.06. The number of thioether (sulfide) groups is 1. The fourth-order valence-corrected chi connectivity index (χ4v) is 2.84. The van der Waals surface area contributed by atoms with Crippen LogP contribution in [0.3, 0.4) is 0 Å². The lowest BCUT2D eigenvalue weighted by atomic mass is 10.2. The molecule has 0 fully saturated rings. The Labute approximate surface area is 103 Å². The quantitative estimate of drug-likeness (QED) is 0.650. The normalized spacial score (nSPS) is 10.6. The van der Waals surface area contributed by atoms with Gasteiger partial charge in [-0.25, -0.2) is 4.98 Å². The topological polar surface area (TPSA) is 64.9 Å². The predicted molar refractivity (Wildman–Crippen MR) is 71.7 cm³/mol. The van der Waals surface area contributed by atoms with E-state index in [1.807, 2.05) is 24.4 Å². The summed E-state index contributed by atoms with van der Waals surface area (Å²) in [5.74, 6) is 0.844. The number of thiazole rings is 1. The average Bonchev–Trinajstić information content (AvgIpc) is 2.66. The molecule has 0 bridgehead atoms. The van der Waals surface area contributed by atoms with Crippen molar-refractivity contribution in [3.8, 4) is 0 Å². The zero-order valence-corrected chi connectivity index (χ0v) is 10.6. The molecule has 0 radical (unpaired) electrons. The minimum Gasteiger partial charge on any atom is -0.399 e. The summed E-state index contributed by atoms with van der Waals surface area (Å²) in [7, 11) is 0. The van der Waals surface area contributed by atoms with Crippen molar-refractivity contribution >= 4 is 33.9 Å². The van der Waals surface area contributed by atoms with Crippen LogP contribution in [-0.2, 0) is 5.75 Å². The largest absolute Gasteiger partial charge is 0.399 e. The molecule has 1 aromatic heterocycles. The zero-order chi connectivity index (χ0) is 11.5. The lowest BCUT2D eigenvalue weighted by Crippen LogP contribution is -1.89. The third kappa shape index (κ3) is 2.68. The number of nitrogen functional groups attached to an aromatic ring is 2. The van der Waals surface area contributed by atoms with Crippen molar-refractivity contribution in [1.29, 1.82) is 0 Å². The van der Waals surface area contributed by atoms with Crippen LogP contribution in [0.4, 0.5) is 10.8 Å². The molecule has 3 nitrogen and oxygen atoms in total. The fourth-order valence-electron chi connectivity index (χ4n) is 1.28. The number of aromatic nitrogens is 1. The molecule has 0 aliphatic rings. The van der Waals surface area contributed by atoms with E-state index in [-0.39, 0.29) is 0 Å². The summed E-state index contributed by atoms with van der Waals surface area (Å²) >= 11 is 3.22. The Kier molecular flexibility index (Phi) is 3.36. The second-order valence-corrected chi connectivity index (χ2v) is 5.42. The van der Waals surface area contributed by atoms with Gasteiger partial charge in [0.2, 0.25) is 0 Å². The number of rotatable bonds is 3. The highest BCUT2D eigenvalue weighted by Gasteiger charge is 2.01. The van der Waals surface area contributed by atoms with E-state index in [4.69, 9.17) is 11.5 Å². The molecule has 0 amide bonds. The van der Waals surface area contributed by atoms with E-state index >= 15 is 0 Å². The molecule has 2 aromatic rings. The second-order valence-electron chi connectivity index (χ2n) is 3.48. The highest BCUT2D eigenvalue weighted by atomic mass is 32.2. The van der Waals surface area contributed by atoms with Crippen LogP contribution >= 0.6 is 23.1 Å². The van der Waals surface area contributed by atoms with Gasteiger partial charge in [0, 0.05) is 21.7 Å². The molecular weight excluding hydrogens is 238 g/mol. The van der Waals surface area contributed by atoms with Crippen LogP contribution in [-0.4, -0.2) is 4.98 Å². The maximum absolute atomic E-state index is 5.76. The molecule has 0 unspecified atom stereocenters. The van der Waals surface area contributed by atoms with Crippen LogP contribution in [0.25, 0.3) is 0 Å². The molecule has 4 N–H and O–H groups in total. The van der Waals surface area contributed by atoms with Crippen molar-refractivity contribution in [2.45, 2.75) is 17.6 Å². The molecule has 0 aliphatic carbocycles. The molecule has 1 heterocycles. The van der Waals surface area contributed by atoms with Crippen LogP contribution < -0.4 is 11.5 Å². The van der Waals surface area contributed by atoms with Crippen LogP contribution in [0, 0.1) is 6.92 Å². The number of nitrogens with two attached hydrogens (primary N) is 2. The Balaban J connectivity index is 2.02. The van der Waals surface area contributed by atoms with E-state index in [2.05, 4.69) is 11.1 Å². The molecule has 5 heteroatoms. The summed E-state index contributed by atoms with van der Waals surface area (Å²) < 4.78 is 0. The van der Waals surface area contributed by atoms with Gasteiger partial charge in [0.25, 0.3) is 0 Å². The Morgan fingerprint density at radius 2 is 2.19 bits per heavy atom. The molecule has 1 aromatic carbocycles. The number of aryl methyl sites for hydroxylation is 1. The first-order chi connectivity index (χ1) is 7.65. The van der Waals surface area contributed by atoms with Crippen LogP contribution in [0.5, 0.6) is 0 Å². The number of hydrogen-bond acceptors (Lipinski definition) is 5. The second kappa shape index (κ2) is 4.76. The van der Waals surface area contributed by atoms with Crippen molar-refractivity contribution in [3.05, 3.63) is 34.8 Å². The van der Waals surface area contributed by atoms with Gasteiger partial charge in [-0.3, -0.25) is 0 Å². The van der Waals surface area contributed by atoms with E-state index in [9.17, 15) is 0 Å². The third-order valence-corrected chi connectivity index (χ3v) is 3.95. The van der Waals surface area contributed by atoms with Gasteiger partial charge in [-0.1, -0.05) is 0 Å². The fraction of sp³-hybridized carbons (Fsp3) is 0.182. The SMILES string of the molecule is Cc1cc(SCc2csc(N)n2)ccc1N. The monoisotopic (exact) mass is 251 g/mol. The Morgan fingerprint density at radius 3 is 2.81 bits per heavy atom. The highest BCUT2D eigenvalue weighted by Crippen LogP contribution is 2.26. The van der Waals surface area contributed by atoms with E-state index < -0.39 is 0 Å². The zero-order valence-electron chi connectivity index (χ0n) is 8.93. The first-order valence-electron chi connectivity index (χ1n) is 4.84. The molecule has 2 rings (SSSR count). The highest BCUT2D eigenvalue weighted by molar-refractivity contribution is 7.98. The summed E-state index contributed by atoms with van der Waals surface area (Å²) in [5.41, 5.74) is 14.3. The number of nitrogens with zero attached hydrogens (tertiary/aromatic N) is 1. The van der Waals surface area contributed by atoms with Crippen molar-refractivity contribution in [3.63, 3.8) is 0 Å². The third-order valence-electron chi connectivity index (χ3n) is 2.20. The van der Waals surface area contributed by atoms with Gasteiger partial charge < -0.3 is 11.5 Å². The van der Waals surface area contributed by atoms with Crippen LogP contribution in [0.2, 0.25) is 0 Å². The van der Waals surface area contributed by atoms with Gasteiger partial charge in [0.05, 0.1) is 5.69 Å². The molecule has 0 spiro atoms. The predicted octanol–water partition coefficient (Wildman–Crippen LogP) is 2.91. The van der Waals surface area contributed by atoms with Gasteiger partial charge in [-0.05, 0) is 30.7 Å². The molecule has 0 atom stereocenters. The molecule has 84 valence electrons.